The number of carbonyl (C=O) groups is 1. The van der Waals surface area contributed by atoms with E-state index in [0.29, 0.717) is 18.8 Å². The van der Waals surface area contributed by atoms with Crippen molar-refractivity contribution in [2.75, 3.05) is 20.3 Å². The number of benzene rings is 1. The Morgan fingerprint density at radius 3 is 2.11 bits per heavy atom. The number of esters is 1. The van der Waals surface area contributed by atoms with E-state index in [4.69, 9.17) is 18.9 Å². The fraction of sp³-hybridized carbons (Fsp3) is 0.500. The van der Waals surface area contributed by atoms with Crippen molar-refractivity contribution >= 4 is 5.97 Å². The lowest BCUT2D eigenvalue weighted by molar-refractivity contribution is -0.258. The van der Waals surface area contributed by atoms with Crippen molar-refractivity contribution in [1.29, 1.82) is 0 Å². The zero-order valence-corrected chi connectivity index (χ0v) is 11.5. The molecule has 0 radical (unpaired) electrons. The quantitative estimate of drug-likeness (QED) is 0.534. The Balaban J connectivity index is 2.66. The van der Waals surface area contributed by atoms with Crippen LogP contribution in [0.5, 0.6) is 0 Å². The summed E-state index contributed by atoms with van der Waals surface area (Å²) in [4.78, 5) is 11.9. The zero-order valence-electron chi connectivity index (χ0n) is 11.5. The molecule has 1 aromatic carbocycles. The molecule has 0 fully saturated rings. The third-order valence-electron chi connectivity index (χ3n) is 2.35. The SMILES string of the molecule is CCOC(OCC)C(OC)OC(=O)c1ccccc1. The topological polar surface area (TPSA) is 54.0 Å². The molecule has 0 saturated carbocycles. The third-order valence-corrected chi connectivity index (χ3v) is 2.35. The van der Waals surface area contributed by atoms with E-state index in [2.05, 4.69) is 0 Å². The van der Waals surface area contributed by atoms with Crippen molar-refractivity contribution in [1.82, 2.24) is 0 Å². The van der Waals surface area contributed by atoms with E-state index in [1.807, 2.05) is 19.9 Å². The van der Waals surface area contributed by atoms with Gasteiger partial charge in [0, 0.05) is 20.3 Å². The predicted molar refractivity (Wildman–Crippen MR) is 69.7 cm³/mol. The minimum absolute atomic E-state index is 0.438. The maximum absolute atomic E-state index is 11.9. The summed E-state index contributed by atoms with van der Waals surface area (Å²) >= 11 is 0. The second-order valence-electron chi connectivity index (χ2n) is 3.65. The summed E-state index contributed by atoms with van der Waals surface area (Å²) in [6, 6.07) is 8.70. The number of hydrogen-bond acceptors (Lipinski definition) is 5. The monoisotopic (exact) mass is 268 g/mol. The summed E-state index contributed by atoms with van der Waals surface area (Å²) < 4.78 is 21.1. The Morgan fingerprint density at radius 2 is 1.63 bits per heavy atom. The standard InChI is InChI=1S/C14H20O5/c1-4-17-14(18-5-2)13(16-3)19-12(15)11-9-7-6-8-10-11/h6-10,13-14H,4-5H2,1-3H3. The highest BCUT2D eigenvalue weighted by atomic mass is 16.8. The second-order valence-corrected chi connectivity index (χ2v) is 3.65. The molecule has 1 aromatic rings. The lowest BCUT2D eigenvalue weighted by Crippen LogP contribution is -2.37. The molecule has 106 valence electrons. The number of carbonyl (C=O) groups excluding carboxylic acids is 1. The first-order chi connectivity index (χ1) is 9.22. The molecule has 1 rings (SSSR count). The highest BCUT2D eigenvalue weighted by Crippen LogP contribution is 2.11. The van der Waals surface area contributed by atoms with E-state index in [1.165, 1.54) is 7.11 Å². The van der Waals surface area contributed by atoms with Crippen LogP contribution in [0.25, 0.3) is 0 Å². The average Bonchev–Trinajstić information content (AvgIpc) is 2.45. The summed E-state index contributed by atoms with van der Waals surface area (Å²) in [5.74, 6) is -0.475. The van der Waals surface area contributed by atoms with Crippen LogP contribution in [-0.2, 0) is 18.9 Å². The predicted octanol–water partition coefficient (Wildman–Crippen LogP) is 2.21. The van der Waals surface area contributed by atoms with Crippen LogP contribution in [0.4, 0.5) is 0 Å². The number of hydrogen-bond donors (Lipinski definition) is 0. The van der Waals surface area contributed by atoms with Gasteiger partial charge < -0.3 is 18.9 Å². The molecule has 5 heteroatoms. The molecule has 0 heterocycles. The van der Waals surface area contributed by atoms with Gasteiger partial charge in [0.1, 0.15) is 0 Å². The van der Waals surface area contributed by atoms with Gasteiger partial charge in [0.25, 0.3) is 6.29 Å². The summed E-state index contributed by atoms with van der Waals surface area (Å²) in [7, 11) is 1.44. The molecule has 0 aliphatic heterocycles. The number of rotatable bonds is 8. The molecule has 0 spiro atoms. The van der Waals surface area contributed by atoms with Crippen LogP contribution in [0.2, 0.25) is 0 Å². The lowest BCUT2D eigenvalue weighted by Gasteiger charge is -2.25. The van der Waals surface area contributed by atoms with Gasteiger partial charge in [-0.15, -0.1) is 0 Å². The van der Waals surface area contributed by atoms with Crippen LogP contribution in [-0.4, -0.2) is 38.9 Å². The minimum atomic E-state index is -0.896. The average molecular weight is 268 g/mol. The lowest BCUT2D eigenvalue weighted by atomic mass is 10.2. The van der Waals surface area contributed by atoms with E-state index in [9.17, 15) is 4.79 Å². The molecular formula is C14H20O5. The van der Waals surface area contributed by atoms with Crippen LogP contribution in [0.15, 0.2) is 30.3 Å². The summed E-state index contributed by atoms with van der Waals surface area (Å²) in [5.41, 5.74) is 0.455. The molecule has 5 nitrogen and oxygen atoms in total. The third kappa shape index (κ3) is 4.98. The van der Waals surface area contributed by atoms with Gasteiger partial charge in [-0.25, -0.2) is 4.79 Å². The molecule has 19 heavy (non-hydrogen) atoms. The van der Waals surface area contributed by atoms with Gasteiger partial charge in [0.2, 0.25) is 6.29 Å². The zero-order chi connectivity index (χ0) is 14.1. The van der Waals surface area contributed by atoms with Gasteiger partial charge in [-0.2, -0.15) is 0 Å². The maximum Gasteiger partial charge on any atom is 0.340 e. The first-order valence-electron chi connectivity index (χ1n) is 6.24. The van der Waals surface area contributed by atoms with Crippen molar-refractivity contribution < 1.29 is 23.7 Å². The summed E-state index contributed by atoms with van der Waals surface area (Å²) in [6.45, 7) is 4.54. The van der Waals surface area contributed by atoms with Gasteiger partial charge in [-0.05, 0) is 26.0 Å². The Hall–Kier alpha value is -1.43. The van der Waals surface area contributed by atoms with Gasteiger partial charge in [-0.1, -0.05) is 18.2 Å². The second kappa shape index (κ2) is 8.63. The van der Waals surface area contributed by atoms with Gasteiger partial charge >= 0.3 is 5.97 Å². The molecule has 0 bridgehead atoms. The van der Waals surface area contributed by atoms with Crippen molar-refractivity contribution in [3.63, 3.8) is 0 Å². The van der Waals surface area contributed by atoms with Crippen LogP contribution in [0, 0.1) is 0 Å². The molecule has 0 amide bonds. The Kier molecular flexibility index (Phi) is 7.10. The van der Waals surface area contributed by atoms with E-state index < -0.39 is 18.5 Å². The van der Waals surface area contributed by atoms with Crippen molar-refractivity contribution in [3.8, 4) is 0 Å². The van der Waals surface area contributed by atoms with Crippen LogP contribution >= 0.6 is 0 Å². The molecule has 0 saturated heterocycles. The number of ether oxygens (including phenoxy) is 4. The molecule has 0 aliphatic rings. The highest BCUT2D eigenvalue weighted by Gasteiger charge is 2.26. The van der Waals surface area contributed by atoms with Crippen LogP contribution in [0.3, 0.4) is 0 Å². The molecule has 0 N–H and O–H groups in total. The van der Waals surface area contributed by atoms with E-state index >= 15 is 0 Å². The van der Waals surface area contributed by atoms with E-state index in [0.717, 1.165) is 0 Å². The molecule has 0 aromatic heterocycles. The summed E-state index contributed by atoms with van der Waals surface area (Å²) in [5, 5.41) is 0. The smallest absolute Gasteiger partial charge is 0.340 e. The molecule has 1 unspecified atom stereocenters. The molecular weight excluding hydrogens is 248 g/mol. The highest BCUT2D eigenvalue weighted by molar-refractivity contribution is 5.89. The van der Waals surface area contributed by atoms with Crippen LogP contribution in [0.1, 0.15) is 24.2 Å². The fourth-order valence-electron chi connectivity index (χ4n) is 1.50. The Labute approximate surface area is 113 Å². The Morgan fingerprint density at radius 1 is 1.05 bits per heavy atom. The molecule has 0 aliphatic carbocycles. The van der Waals surface area contributed by atoms with Crippen LogP contribution < -0.4 is 0 Å². The normalized spacial score (nSPS) is 12.4. The maximum atomic E-state index is 11.9. The largest absolute Gasteiger partial charge is 0.426 e. The number of methoxy groups -OCH3 is 1. The first kappa shape index (κ1) is 15.6. The van der Waals surface area contributed by atoms with E-state index in [1.54, 1.807) is 24.3 Å². The van der Waals surface area contributed by atoms with Gasteiger partial charge in [0.05, 0.1) is 5.56 Å². The van der Waals surface area contributed by atoms with E-state index in [-0.39, 0.29) is 0 Å². The Bertz CT molecular complexity index is 359. The van der Waals surface area contributed by atoms with Crippen molar-refractivity contribution in [2.24, 2.45) is 0 Å². The minimum Gasteiger partial charge on any atom is -0.426 e. The van der Waals surface area contributed by atoms with Crippen molar-refractivity contribution in [2.45, 2.75) is 26.4 Å². The summed E-state index contributed by atoms with van der Waals surface area (Å²) in [6.07, 6.45) is -1.62. The molecule has 1 atom stereocenters. The van der Waals surface area contributed by atoms with Crippen molar-refractivity contribution in [3.05, 3.63) is 35.9 Å². The fourth-order valence-corrected chi connectivity index (χ4v) is 1.50. The van der Waals surface area contributed by atoms with Gasteiger partial charge in [-0.3, -0.25) is 0 Å². The first-order valence-corrected chi connectivity index (χ1v) is 6.24. The van der Waals surface area contributed by atoms with Gasteiger partial charge in [0.15, 0.2) is 0 Å².